The Kier molecular flexibility index (Phi) is 8.38. The molecule has 1 aliphatic heterocycles. The van der Waals surface area contributed by atoms with Crippen LogP contribution in [0.5, 0.6) is 0 Å². The molecule has 0 aromatic rings. The summed E-state index contributed by atoms with van der Waals surface area (Å²) in [7, 11) is 0. The molecule has 0 aromatic carbocycles. The van der Waals surface area contributed by atoms with E-state index in [1.165, 1.54) is 0 Å². The standard InChI is InChI=1S/C36H56O10/c1-18-9-14-35(30(41)42)15-16-36(31(43)44)20(25(35)19(18)2)7-8-23-33(5)12-11-24(32(3,4)22(33)10-13-34(23,36)6)46-29-28(40)27(39)26(38)21(17-37)45-29/h7,18-19,21-29,37-40H,8-17H2,1-6H3,(H,41,42)(H,43,44)/t18-,19+,21-,22?,23?,24+,25+,26-,27+,28-,29+,33+,34-,35+,36-/m1/s1. The molecule has 46 heavy (non-hydrogen) atoms. The van der Waals surface area contributed by atoms with Crippen molar-refractivity contribution < 1.29 is 49.7 Å². The van der Waals surface area contributed by atoms with Crippen LogP contribution in [0.4, 0.5) is 0 Å². The maximum absolute atomic E-state index is 13.8. The highest BCUT2D eigenvalue weighted by Gasteiger charge is 2.73. The van der Waals surface area contributed by atoms with Crippen molar-refractivity contribution in [2.75, 3.05) is 6.61 Å². The number of ether oxygens (including phenoxy) is 2. The van der Waals surface area contributed by atoms with Gasteiger partial charge in [0.15, 0.2) is 6.29 Å². The second-order valence-electron chi connectivity index (χ2n) is 17.2. The average molecular weight is 649 g/mol. The van der Waals surface area contributed by atoms with Crippen LogP contribution in [-0.2, 0) is 19.1 Å². The van der Waals surface area contributed by atoms with Gasteiger partial charge in [-0.25, -0.2) is 0 Å². The SMILES string of the molecule is C[C@H]1[C@H](C)CC[C@]2(C(=O)O)CC[C@]3(C(=O)O)C(=CCC4[C@@]5(C)CC[C@H](O[C@@H]6O[C@H](CO)[C@@H](O)[C@H](O)[C@H]6O)C(C)(C)C5CC[C@]43C)[C@H]12. The predicted octanol–water partition coefficient (Wildman–Crippen LogP) is 3.98. The van der Waals surface area contributed by atoms with Crippen molar-refractivity contribution in [2.24, 2.45) is 56.7 Å². The first-order valence-electron chi connectivity index (χ1n) is 17.6. The van der Waals surface area contributed by atoms with E-state index in [0.29, 0.717) is 38.0 Å². The first-order valence-corrected chi connectivity index (χ1v) is 17.6. The van der Waals surface area contributed by atoms with E-state index in [0.717, 1.165) is 31.3 Å². The van der Waals surface area contributed by atoms with E-state index < -0.39 is 70.9 Å². The van der Waals surface area contributed by atoms with E-state index in [-0.39, 0.29) is 35.2 Å². The van der Waals surface area contributed by atoms with E-state index in [4.69, 9.17) is 9.47 Å². The molecule has 15 atom stereocenters. The molecule has 10 nitrogen and oxygen atoms in total. The number of hydrogen-bond donors (Lipinski definition) is 6. The van der Waals surface area contributed by atoms with Crippen LogP contribution in [-0.4, -0.2) is 86.0 Å². The van der Waals surface area contributed by atoms with Crippen LogP contribution in [0.1, 0.15) is 99.3 Å². The number of rotatable bonds is 5. The third-order valence-corrected chi connectivity index (χ3v) is 15.3. The van der Waals surface area contributed by atoms with Crippen LogP contribution in [0.2, 0.25) is 0 Å². The van der Waals surface area contributed by atoms with Gasteiger partial charge in [0.1, 0.15) is 24.4 Å². The lowest BCUT2D eigenvalue weighted by Crippen LogP contribution is -2.68. The summed E-state index contributed by atoms with van der Waals surface area (Å²) in [6.07, 6.45) is 0.942. The van der Waals surface area contributed by atoms with Gasteiger partial charge in [0.25, 0.3) is 0 Å². The molecular weight excluding hydrogens is 592 g/mol. The zero-order chi connectivity index (χ0) is 33.8. The van der Waals surface area contributed by atoms with Gasteiger partial charge in [-0.1, -0.05) is 53.2 Å². The van der Waals surface area contributed by atoms with E-state index in [2.05, 4.69) is 47.6 Å². The fourth-order valence-electron chi connectivity index (χ4n) is 12.6. The van der Waals surface area contributed by atoms with Gasteiger partial charge in [-0.05, 0) is 104 Å². The molecule has 0 spiro atoms. The van der Waals surface area contributed by atoms with E-state index in [9.17, 15) is 40.2 Å². The topological polar surface area (TPSA) is 174 Å². The van der Waals surface area contributed by atoms with Gasteiger partial charge >= 0.3 is 11.9 Å². The van der Waals surface area contributed by atoms with Crippen LogP contribution < -0.4 is 0 Å². The highest BCUT2D eigenvalue weighted by molar-refractivity contribution is 5.84. The Bertz CT molecular complexity index is 1260. The smallest absolute Gasteiger partial charge is 0.314 e. The molecule has 0 radical (unpaired) electrons. The third-order valence-electron chi connectivity index (χ3n) is 15.3. The summed E-state index contributed by atoms with van der Waals surface area (Å²) < 4.78 is 12.1. The second-order valence-corrected chi connectivity index (χ2v) is 17.2. The number of aliphatic carboxylic acids is 2. The third kappa shape index (κ3) is 4.35. The summed E-state index contributed by atoms with van der Waals surface area (Å²) in [5, 5.41) is 63.0. The van der Waals surface area contributed by atoms with Gasteiger partial charge in [-0.2, -0.15) is 0 Å². The maximum atomic E-state index is 13.8. The molecule has 5 aliphatic carbocycles. The number of carboxylic acid groups (broad SMARTS) is 2. The van der Waals surface area contributed by atoms with Crippen molar-refractivity contribution in [2.45, 2.75) is 136 Å². The van der Waals surface area contributed by atoms with Crippen LogP contribution in [0.25, 0.3) is 0 Å². The Labute approximate surface area is 272 Å². The largest absolute Gasteiger partial charge is 0.481 e. The lowest BCUT2D eigenvalue weighted by Gasteiger charge is -2.70. The van der Waals surface area contributed by atoms with Crippen molar-refractivity contribution in [1.82, 2.24) is 0 Å². The molecule has 4 saturated carbocycles. The molecule has 5 fully saturated rings. The molecule has 1 heterocycles. The number of allylic oxidation sites excluding steroid dienone is 1. The molecule has 6 N–H and O–H groups in total. The summed E-state index contributed by atoms with van der Waals surface area (Å²) in [5.74, 6) is -1.24. The van der Waals surface area contributed by atoms with Gasteiger partial charge in [0, 0.05) is 0 Å². The van der Waals surface area contributed by atoms with Gasteiger partial charge in [-0.3, -0.25) is 9.59 Å². The minimum atomic E-state index is -1.51. The van der Waals surface area contributed by atoms with Crippen molar-refractivity contribution in [3.63, 3.8) is 0 Å². The molecular formula is C36H56O10. The summed E-state index contributed by atoms with van der Waals surface area (Å²) in [5.41, 5.74) is -2.32. The highest BCUT2D eigenvalue weighted by Crippen LogP contribution is 2.76. The summed E-state index contributed by atoms with van der Waals surface area (Å²) >= 11 is 0. The molecule has 260 valence electrons. The lowest BCUT2D eigenvalue weighted by atomic mass is 9.33. The normalized spacial score (nSPS) is 53.1. The average Bonchev–Trinajstić information content (AvgIpc) is 2.99. The zero-order valence-electron chi connectivity index (χ0n) is 28.3. The van der Waals surface area contributed by atoms with Gasteiger partial charge < -0.3 is 40.1 Å². The van der Waals surface area contributed by atoms with E-state index in [1.807, 2.05) is 0 Å². The number of aliphatic hydroxyl groups is 4. The first-order chi connectivity index (χ1) is 21.4. The summed E-state index contributed by atoms with van der Waals surface area (Å²) in [4.78, 5) is 26.8. The molecule has 0 amide bonds. The molecule has 0 aromatic heterocycles. The van der Waals surface area contributed by atoms with Gasteiger partial charge in [0.2, 0.25) is 0 Å². The summed E-state index contributed by atoms with van der Waals surface area (Å²) in [6, 6.07) is 0. The molecule has 0 bridgehead atoms. The Morgan fingerprint density at radius 1 is 0.870 bits per heavy atom. The van der Waals surface area contributed by atoms with E-state index >= 15 is 0 Å². The molecule has 1 saturated heterocycles. The van der Waals surface area contributed by atoms with Gasteiger partial charge in [-0.15, -0.1) is 0 Å². The number of aliphatic hydroxyl groups excluding tert-OH is 4. The number of carbonyl (C=O) groups is 2. The number of carboxylic acids is 2. The number of hydrogen-bond acceptors (Lipinski definition) is 8. The fourth-order valence-corrected chi connectivity index (χ4v) is 12.6. The van der Waals surface area contributed by atoms with Crippen molar-refractivity contribution >= 4 is 11.9 Å². The Balaban J connectivity index is 1.34. The minimum absolute atomic E-state index is 0.0692. The van der Waals surface area contributed by atoms with Gasteiger partial charge in [0.05, 0.1) is 23.5 Å². The van der Waals surface area contributed by atoms with Crippen molar-refractivity contribution in [3.8, 4) is 0 Å². The molecule has 6 rings (SSSR count). The van der Waals surface area contributed by atoms with Crippen molar-refractivity contribution in [1.29, 1.82) is 0 Å². The molecule has 2 unspecified atom stereocenters. The Hall–Kier alpha value is -1.56. The fraction of sp³-hybridized carbons (Fsp3) is 0.889. The van der Waals surface area contributed by atoms with Crippen molar-refractivity contribution in [3.05, 3.63) is 11.6 Å². The monoisotopic (exact) mass is 648 g/mol. The Morgan fingerprint density at radius 3 is 2.20 bits per heavy atom. The van der Waals surface area contributed by atoms with Crippen LogP contribution in [0.3, 0.4) is 0 Å². The lowest BCUT2D eigenvalue weighted by molar-refractivity contribution is -0.330. The van der Waals surface area contributed by atoms with Crippen LogP contribution in [0, 0.1) is 56.7 Å². The second kappa shape index (κ2) is 11.2. The molecule has 10 heteroatoms. The zero-order valence-corrected chi connectivity index (χ0v) is 28.3. The predicted molar refractivity (Wildman–Crippen MR) is 167 cm³/mol. The van der Waals surface area contributed by atoms with E-state index in [1.54, 1.807) is 0 Å². The minimum Gasteiger partial charge on any atom is -0.481 e. The highest BCUT2D eigenvalue weighted by atomic mass is 16.7. The summed E-state index contributed by atoms with van der Waals surface area (Å²) in [6.45, 7) is 12.6. The van der Waals surface area contributed by atoms with Crippen LogP contribution in [0.15, 0.2) is 11.6 Å². The molecule has 6 aliphatic rings. The Morgan fingerprint density at radius 2 is 1.57 bits per heavy atom. The quantitative estimate of drug-likeness (QED) is 0.189. The maximum Gasteiger partial charge on any atom is 0.314 e. The first kappa shape index (κ1) is 34.3. The van der Waals surface area contributed by atoms with Crippen LogP contribution >= 0.6 is 0 Å². The number of fused-ring (bicyclic) bond motifs is 7.